The first kappa shape index (κ1) is 24.7. The highest BCUT2D eigenvalue weighted by atomic mass is 35.5. The fourth-order valence-corrected chi connectivity index (χ4v) is 6.46. The Morgan fingerprint density at radius 1 is 1.03 bits per heavy atom. The van der Waals surface area contributed by atoms with Crippen LogP contribution in [0.25, 0.3) is 10.1 Å². The summed E-state index contributed by atoms with van der Waals surface area (Å²) in [6.07, 6.45) is 0. The quantitative estimate of drug-likeness (QED) is 0.268. The molecule has 4 aromatic rings. The molecule has 0 saturated carbocycles. The number of nitrogens with zero attached hydrogens (tertiary/aromatic N) is 1. The van der Waals surface area contributed by atoms with Crippen LogP contribution in [-0.4, -0.2) is 12.6 Å². The molecule has 1 unspecified atom stereocenters. The van der Waals surface area contributed by atoms with E-state index in [0.717, 1.165) is 0 Å². The Hall–Kier alpha value is -3.03. The number of rotatable bonds is 4. The third kappa shape index (κ3) is 4.14. The highest BCUT2D eigenvalue weighted by molar-refractivity contribution is 7.22. The molecule has 0 aliphatic carbocycles. The summed E-state index contributed by atoms with van der Waals surface area (Å²) in [6.45, 7) is 1.85. The second-order valence-corrected chi connectivity index (χ2v) is 10.4. The molecule has 2 N–H and O–H groups in total. The monoisotopic (exact) mass is 556 g/mol. The molecule has 9 heteroatoms. The molecule has 0 radical (unpaired) electrons. The van der Waals surface area contributed by atoms with Gasteiger partial charge in [-0.3, -0.25) is 9.69 Å². The molecule has 3 aromatic carbocycles. The number of para-hydroxylation sites is 1. The molecule has 1 atom stereocenters. The Bertz CT molecular complexity index is 1600. The zero-order valence-corrected chi connectivity index (χ0v) is 22.0. The zero-order valence-electron chi connectivity index (χ0n) is 18.9. The number of fused-ring (bicyclic) bond motifs is 2. The first-order valence-corrected chi connectivity index (χ1v) is 13.0. The molecule has 0 saturated heterocycles. The van der Waals surface area contributed by atoms with Crippen molar-refractivity contribution in [3.05, 3.63) is 115 Å². The number of ether oxygens (including phenoxy) is 1. The minimum Gasteiger partial charge on any atom is -0.463 e. The number of hydrogen-bond acceptors (Lipinski definition) is 6. The largest absolute Gasteiger partial charge is 0.463 e. The smallest absolute Gasteiger partial charge is 0.338 e. The maximum atomic E-state index is 14.1. The van der Waals surface area contributed by atoms with Crippen molar-refractivity contribution in [2.75, 3.05) is 11.5 Å². The molecule has 5 nitrogen and oxygen atoms in total. The molecule has 0 fully saturated rings. The van der Waals surface area contributed by atoms with Gasteiger partial charge in [0.25, 0.3) is 0 Å². The van der Waals surface area contributed by atoms with Crippen LogP contribution in [0.4, 0.5) is 10.7 Å². The van der Waals surface area contributed by atoms with Crippen LogP contribution in [0, 0.1) is 0 Å². The molecule has 182 valence electrons. The Kier molecular flexibility index (Phi) is 6.70. The first-order chi connectivity index (χ1) is 17.3. The molecular weight excluding hydrogens is 539 g/mol. The van der Waals surface area contributed by atoms with Gasteiger partial charge in [0.15, 0.2) is 5.43 Å². The summed E-state index contributed by atoms with van der Waals surface area (Å²) in [5.74, 6) is -1.34. The topological polar surface area (TPSA) is 72.6 Å². The number of carbonyl (C=O) groups is 1. The summed E-state index contributed by atoms with van der Waals surface area (Å²) in [5.41, 5.74) is 8.23. The minimum atomic E-state index is -0.868. The summed E-state index contributed by atoms with van der Waals surface area (Å²) >= 11 is 20.4. The second kappa shape index (κ2) is 9.79. The van der Waals surface area contributed by atoms with Gasteiger partial charge in [-0.15, -0.1) is 11.3 Å². The molecule has 5 rings (SSSR count). The van der Waals surface area contributed by atoms with Crippen LogP contribution in [0.5, 0.6) is 0 Å². The van der Waals surface area contributed by atoms with E-state index in [2.05, 4.69) is 0 Å². The zero-order chi connectivity index (χ0) is 25.6. The Morgan fingerprint density at radius 2 is 1.72 bits per heavy atom. The van der Waals surface area contributed by atoms with Crippen LogP contribution in [0.1, 0.15) is 24.0 Å². The van der Waals surface area contributed by atoms with Crippen LogP contribution in [-0.2, 0) is 9.53 Å². The number of anilines is 2. The molecule has 1 aliphatic heterocycles. The van der Waals surface area contributed by atoms with Gasteiger partial charge in [0, 0.05) is 36.4 Å². The van der Waals surface area contributed by atoms with Crippen molar-refractivity contribution < 1.29 is 9.53 Å². The summed E-state index contributed by atoms with van der Waals surface area (Å²) < 4.78 is 6.12. The lowest BCUT2D eigenvalue weighted by molar-refractivity contribution is -0.138. The van der Waals surface area contributed by atoms with Gasteiger partial charge in [-0.05, 0) is 55.0 Å². The first-order valence-electron chi connectivity index (χ1n) is 11.0. The number of esters is 1. The van der Waals surface area contributed by atoms with E-state index in [0.29, 0.717) is 47.0 Å². The van der Waals surface area contributed by atoms with E-state index in [1.54, 1.807) is 48.2 Å². The molecule has 2 heterocycles. The van der Waals surface area contributed by atoms with E-state index in [9.17, 15) is 9.59 Å². The van der Waals surface area contributed by atoms with E-state index < -0.39 is 11.9 Å². The highest BCUT2D eigenvalue weighted by Crippen LogP contribution is 2.50. The SMILES string of the molecule is CCOC(=O)C1=C(N)N(c2ccccc2)c2sc3cc(Cl)ccc3c(=O)c2C1c1ccc(Cl)cc1Cl. The van der Waals surface area contributed by atoms with Crippen LogP contribution < -0.4 is 16.1 Å². The van der Waals surface area contributed by atoms with Gasteiger partial charge in [-0.1, -0.05) is 59.1 Å². The van der Waals surface area contributed by atoms with Gasteiger partial charge >= 0.3 is 5.97 Å². The Labute approximate surface area is 226 Å². The number of nitrogens with two attached hydrogens (primary N) is 1. The average Bonchev–Trinajstić information content (AvgIpc) is 2.84. The van der Waals surface area contributed by atoms with E-state index in [-0.39, 0.29) is 23.4 Å². The molecule has 1 aromatic heterocycles. The van der Waals surface area contributed by atoms with Crippen molar-refractivity contribution in [3.63, 3.8) is 0 Å². The minimum absolute atomic E-state index is 0.134. The molecular formula is C27H19Cl3N2O3S. The predicted octanol–water partition coefficient (Wildman–Crippen LogP) is 7.24. The van der Waals surface area contributed by atoms with Gasteiger partial charge in [0.05, 0.1) is 18.1 Å². The fourth-order valence-electron chi connectivity index (χ4n) is 4.42. The molecule has 0 bridgehead atoms. The third-order valence-electron chi connectivity index (χ3n) is 5.95. The maximum Gasteiger partial charge on any atom is 0.338 e. The van der Waals surface area contributed by atoms with Crippen molar-refractivity contribution in [1.29, 1.82) is 0 Å². The predicted molar refractivity (Wildman–Crippen MR) is 148 cm³/mol. The van der Waals surface area contributed by atoms with Crippen molar-refractivity contribution in [3.8, 4) is 0 Å². The summed E-state index contributed by atoms with van der Waals surface area (Å²) in [5, 5.41) is 2.30. The molecule has 0 amide bonds. The van der Waals surface area contributed by atoms with Gasteiger partial charge in [-0.2, -0.15) is 0 Å². The standard InChI is InChI=1S/C27H19Cl3N2O3S/c1-2-35-27(34)23-21(17-10-8-14(28)12-19(17)30)22-24(33)18-11-9-15(29)13-20(18)36-26(22)32(25(23)31)16-6-4-3-5-7-16/h3-13,21H,2,31H2,1H3. The highest BCUT2D eigenvalue weighted by Gasteiger charge is 2.41. The normalized spacial score (nSPS) is 15.2. The lowest BCUT2D eigenvalue weighted by atomic mass is 9.82. The van der Waals surface area contributed by atoms with Gasteiger partial charge in [-0.25, -0.2) is 4.79 Å². The van der Waals surface area contributed by atoms with Crippen molar-refractivity contribution in [2.24, 2.45) is 5.73 Å². The summed E-state index contributed by atoms with van der Waals surface area (Å²) in [4.78, 5) is 29.2. The Morgan fingerprint density at radius 3 is 2.42 bits per heavy atom. The lowest BCUT2D eigenvalue weighted by Gasteiger charge is -2.36. The summed E-state index contributed by atoms with van der Waals surface area (Å²) in [7, 11) is 0. The number of halogens is 3. The molecule has 1 aliphatic rings. The van der Waals surface area contributed by atoms with E-state index >= 15 is 0 Å². The number of carbonyl (C=O) groups excluding carboxylic acids is 1. The van der Waals surface area contributed by atoms with Crippen molar-refractivity contribution >= 4 is 72.9 Å². The Balaban J connectivity index is 1.93. The van der Waals surface area contributed by atoms with Gasteiger partial charge < -0.3 is 10.5 Å². The van der Waals surface area contributed by atoms with Gasteiger partial charge in [0.2, 0.25) is 0 Å². The van der Waals surface area contributed by atoms with E-state index in [1.807, 2.05) is 30.3 Å². The van der Waals surface area contributed by atoms with Gasteiger partial charge in [0.1, 0.15) is 10.8 Å². The van der Waals surface area contributed by atoms with E-state index in [4.69, 9.17) is 45.3 Å². The summed E-state index contributed by atoms with van der Waals surface area (Å²) in [6, 6.07) is 19.4. The second-order valence-electron chi connectivity index (χ2n) is 8.08. The van der Waals surface area contributed by atoms with Crippen LogP contribution in [0.3, 0.4) is 0 Å². The lowest BCUT2D eigenvalue weighted by Crippen LogP contribution is -2.37. The maximum absolute atomic E-state index is 14.1. The fraction of sp³-hybridized carbons (Fsp3) is 0.111. The molecule has 0 spiro atoms. The third-order valence-corrected chi connectivity index (χ3v) is 7.90. The molecule has 36 heavy (non-hydrogen) atoms. The number of hydrogen-bond donors (Lipinski definition) is 1. The van der Waals surface area contributed by atoms with E-state index in [1.165, 1.54) is 11.3 Å². The number of benzene rings is 3. The average molecular weight is 558 g/mol. The van der Waals surface area contributed by atoms with Crippen molar-refractivity contribution in [1.82, 2.24) is 0 Å². The van der Waals surface area contributed by atoms with Crippen molar-refractivity contribution in [2.45, 2.75) is 12.8 Å². The van der Waals surface area contributed by atoms with Crippen LogP contribution >= 0.6 is 46.1 Å². The van der Waals surface area contributed by atoms with Crippen LogP contribution in [0.2, 0.25) is 15.1 Å². The van der Waals surface area contributed by atoms with Crippen LogP contribution in [0.15, 0.2) is 82.9 Å².